The first-order valence-corrected chi connectivity index (χ1v) is 12.6. The van der Waals surface area contributed by atoms with E-state index < -0.39 is 12.0 Å². The molecule has 6 nitrogen and oxygen atoms in total. The number of hydrogen-bond donors (Lipinski definition) is 1. The third-order valence-electron chi connectivity index (χ3n) is 7.16. The quantitative estimate of drug-likeness (QED) is 0.424. The van der Waals surface area contributed by atoms with Gasteiger partial charge in [-0.15, -0.1) is 0 Å². The van der Waals surface area contributed by atoms with E-state index in [1.54, 1.807) is 19.3 Å². The lowest BCUT2D eigenvalue weighted by Gasteiger charge is -2.37. The lowest BCUT2D eigenvalue weighted by Crippen LogP contribution is -2.48. The molecule has 3 aromatic rings. The Balaban J connectivity index is 1.73. The van der Waals surface area contributed by atoms with Crippen LogP contribution in [0.15, 0.2) is 85.2 Å². The van der Waals surface area contributed by atoms with Crippen LogP contribution in [0.1, 0.15) is 43.5 Å². The lowest BCUT2D eigenvalue weighted by atomic mass is 9.77. The second kappa shape index (κ2) is 12.1. The van der Waals surface area contributed by atoms with E-state index in [0.29, 0.717) is 13.1 Å². The van der Waals surface area contributed by atoms with E-state index in [1.807, 2.05) is 55.5 Å². The van der Waals surface area contributed by atoms with Crippen LogP contribution in [-0.2, 0) is 27.4 Å². The van der Waals surface area contributed by atoms with Crippen molar-refractivity contribution in [1.29, 1.82) is 0 Å². The number of rotatable bonds is 10. The van der Waals surface area contributed by atoms with E-state index in [9.17, 15) is 9.59 Å². The van der Waals surface area contributed by atoms with Gasteiger partial charge in [0.15, 0.2) is 0 Å². The number of aromatic nitrogens is 1. The Kier molecular flexibility index (Phi) is 8.62. The summed E-state index contributed by atoms with van der Waals surface area (Å²) >= 11 is 0. The standard InChI is InChI=1S/C30H35N3O3/c1-4-36-30(35)29-26(27(22(3)34)28(32-29)25-16-11-17-31-18-25)21(2)33(19-23-12-7-5-8-13-23)20-24-14-9-6-10-15-24/h5-18,21,26-29,32H,4,19-20H2,1-3H3/t21-,26+,27+,28+,29+/m0/s1. The monoisotopic (exact) mass is 485 g/mol. The molecule has 0 amide bonds. The minimum Gasteiger partial charge on any atom is -0.465 e. The fraction of sp³-hybridized carbons (Fsp3) is 0.367. The molecule has 1 saturated heterocycles. The number of nitrogens with one attached hydrogen (secondary N) is 1. The molecule has 0 saturated carbocycles. The molecule has 6 heteroatoms. The maximum absolute atomic E-state index is 13.2. The smallest absolute Gasteiger partial charge is 0.323 e. The Hall–Kier alpha value is -3.35. The van der Waals surface area contributed by atoms with Crippen LogP contribution in [0.3, 0.4) is 0 Å². The van der Waals surface area contributed by atoms with E-state index in [-0.39, 0.29) is 36.4 Å². The van der Waals surface area contributed by atoms with Crippen molar-refractivity contribution in [2.24, 2.45) is 11.8 Å². The molecule has 36 heavy (non-hydrogen) atoms. The molecular weight excluding hydrogens is 450 g/mol. The summed E-state index contributed by atoms with van der Waals surface area (Å²) in [6.07, 6.45) is 3.49. The summed E-state index contributed by atoms with van der Waals surface area (Å²) < 4.78 is 5.49. The van der Waals surface area contributed by atoms with Gasteiger partial charge in [-0.3, -0.25) is 24.8 Å². The zero-order valence-corrected chi connectivity index (χ0v) is 21.2. The predicted octanol–water partition coefficient (Wildman–Crippen LogP) is 4.57. The molecule has 1 aliphatic heterocycles. The number of carbonyl (C=O) groups is 2. The summed E-state index contributed by atoms with van der Waals surface area (Å²) in [5.41, 5.74) is 3.27. The predicted molar refractivity (Wildman–Crippen MR) is 140 cm³/mol. The van der Waals surface area contributed by atoms with Gasteiger partial charge < -0.3 is 4.74 Å². The number of esters is 1. The van der Waals surface area contributed by atoms with Crippen LogP contribution in [0.5, 0.6) is 0 Å². The number of hydrogen-bond acceptors (Lipinski definition) is 6. The molecule has 1 aromatic heterocycles. The fourth-order valence-electron chi connectivity index (χ4n) is 5.47. The summed E-state index contributed by atoms with van der Waals surface area (Å²) in [6.45, 7) is 7.26. The van der Waals surface area contributed by atoms with Crippen molar-refractivity contribution in [2.45, 2.75) is 52.0 Å². The first-order valence-electron chi connectivity index (χ1n) is 12.6. The van der Waals surface area contributed by atoms with Gasteiger partial charge in [0, 0.05) is 49.4 Å². The minimum absolute atomic E-state index is 0.0550. The molecule has 1 fully saturated rings. The SMILES string of the molecule is CCOC(=O)[C@@H]1N[C@H](c2cccnc2)[C@H](C(C)=O)[C@H]1[C@H](C)N(Cc1ccccc1)Cc1ccccc1. The highest BCUT2D eigenvalue weighted by Gasteiger charge is 2.52. The summed E-state index contributed by atoms with van der Waals surface area (Å²) in [5.74, 6) is -0.933. The van der Waals surface area contributed by atoms with Crippen molar-refractivity contribution in [1.82, 2.24) is 15.2 Å². The lowest BCUT2D eigenvalue weighted by molar-refractivity contribution is -0.147. The van der Waals surface area contributed by atoms with Crippen LogP contribution < -0.4 is 5.32 Å². The molecule has 0 radical (unpaired) electrons. The first-order chi connectivity index (χ1) is 17.5. The van der Waals surface area contributed by atoms with Crippen LogP contribution in [0, 0.1) is 11.8 Å². The number of ether oxygens (including phenoxy) is 1. The highest BCUT2D eigenvalue weighted by atomic mass is 16.5. The Morgan fingerprint density at radius 2 is 1.58 bits per heavy atom. The van der Waals surface area contributed by atoms with Gasteiger partial charge in [0.25, 0.3) is 0 Å². The minimum atomic E-state index is -0.604. The zero-order chi connectivity index (χ0) is 25.5. The van der Waals surface area contributed by atoms with Crippen molar-refractivity contribution < 1.29 is 14.3 Å². The highest BCUT2D eigenvalue weighted by Crippen LogP contribution is 2.42. The van der Waals surface area contributed by atoms with Crippen LogP contribution in [0.4, 0.5) is 0 Å². The van der Waals surface area contributed by atoms with E-state index >= 15 is 0 Å². The summed E-state index contributed by atoms with van der Waals surface area (Å²) in [5, 5.41) is 3.47. The number of pyridine rings is 1. The van der Waals surface area contributed by atoms with Crippen molar-refractivity contribution in [2.75, 3.05) is 6.61 Å². The van der Waals surface area contributed by atoms with Gasteiger partial charge in [-0.25, -0.2) is 0 Å². The average molecular weight is 486 g/mol. The Labute approximate surface area is 213 Å². The normalized spacial score (nSPS) is 22.3. The number of Topliss-reactive ketones (excluding diaryl/α,β-unsaturated/α-hetero) is 1. The molecule has 2 aromatic carbocycles. The zero-order valence-electron chi connectivity index (χ0n) is 21.2. The molecule has 188 valence electrons. The fourth-order valence-corrected chi connectivity index (χ4v) is 5.47. The third-order valence-corrected chi connectivity index (χ3v) is 7.16. The van der Waals surface area contributed by atoms with E-state index in [4.69, 9.17) is 4.74 Å². The molecule has 2 heterocycles. The molecule has 4 rings (SSSR count). The van der Waals surface area contributed by atoms with Crippen LogP contribution >= 0.6 is 0 Å². The first kappa shape index (κ1) is 25.7. The second-order valence-corrected chi connectivity index (χ2v) is 9.49. The van der Waals surface area contributed by atoms with Crippen LogP contribution in [0.2, 0.25) is 0 Å². The molecule has 0 bridgehead atoms. The van der Waals surface area contributed by atoms with Crippen molar-refractivity contribution >= 4 is 11.8 Å². The molecule has 0 unspecified atom stereocenters. The van der Waals surface area contributed by atoms with Crippen molar-refractivity contribution in [3.63, 3.8) is 0 Å². The Bertz CT molecular complexity index is 1080. The van der Waals surface area contributed by atoms with Gasteiger partial charge in [0.05, 0.1) is 6.61 Å². The number of carbonyl (C=O) groups excluding carboxylic acids is 2. The number of nitrogens with zero attached hydrogens (tertiary/aromatic N) is 2. The topological polar surface area (TPSA) is 71.5 Å². The van der Waals surface area contributed by atoms with E-state index in [1.165, 1.54) is 11.1 Å². The molecule has 1 aliphatic rings. The Morgan fingerprint density at radius 1 is 0.972 bits per heavy atom. The van der Waals surface area contributed by atoms with Crippen LogP contribution in [0.25, 0.3) is 0 Å². The second-order valence-electron chi connectivity index (χ2n) is 9.49. The van der Waals surface area contributed by atoms with Gasteiger partial charge in [0.1, 0.15) is 11.8 Å². The van der Waals surface area contributed by atoms with Gasteiger partial charge in [-0.2, -0.15) is 0 Å². The summed E-state index contributed by atoms with van der Waals surface area (Å²) in [6, 6.07) is 23.4. The van der Waals surface area contributed by atoms with Gasteiger partial charge >= 0.3 is 5.97 Å². The molecule has 0 spiro atoms. The number of ketones is 1. The van der Waals surface area contributed by atoms with Crippen molar-refractivity contribution in [3.05, 3.63) is 102 Å². The van der Waals surface area contributed by atoms with Crippen molar-refractivity contribution in [3.8, 4) is 0 Å². The summed E-state index contributed by atoms with van der Waals surface area (Å²) in [4.78, 5) is 33.0. The highest BCUT2D eigenvalue weighted by molar-refractivity contribution is 5.84. The average Bonchev–Trinajstić information content (AvgIpc) is 3.31. The molecule has 5 atom stereocenters. The maximum atomic E-state index is 13.2. The molecular formula is C30H35N3O3. The third kappa shape index (κ3) is 5.89. The molecule has 0 aliphatic carbocycles. The molecule has 1 N–H and O–H groups in total. The van der Waals surface area contributed by atoms with Gasteiger partial charge in [0.2, 0.25) is 0 Å². The Morgan fingerprint density at radius 3 is 2.08 bits per heavy atom. The maximum Gasteiger partial charge on any atom is 0.323 e. The number of benzene rings is 2. The summed E-state index contributed by atoms with van der Waals surface area (Å²) in [7, 11) is 0. The van der Waals surface area contributed by atoms with Gasteiger partial charge in [-0.05, 0) is 43.5 Å². The van der Waals surface area contributed by atoms with Gasteiger partial charge in [-0.1, -0.05) is 66.7 Å². The largest absolute Gasteiger partial charge is 0.465 e. The van der Waals surface area contributed by atoms with E-state index in [0.717, 1.165) is 5.56 Å². The van der Waals surface area contributed by atoms with Crippen LogP contribution in [-0.4, -0.2) is 40.3 Å². The van der Waals surface area contributed by atoms with E-state index in [2.05, 4.69) is 46.4 Å².